The van der Waals surface area contributed by atoms with Gasteiger partial charge in [-0.05, 0) is 32.0 Å². The normalized spacial score (nSPS) is 11.1. The van der Waals surface area contributed by atoms with Crippen molar-refractivity contribution in [2.24, 2.45) is 10.2 Å². The lowest BCUT2D eigenvalue weighted by Crippen LogP contribution is -2.21. The van der Waals surface area contributed by atoms with Gasteiger partial charge in [0.1, 0.15) is 11.4 Å². The van der Waals surface area contributed by atoms with Crippen LogP contribution in [0.25, 0.3) is 0 Å². The molecule has 0 aliphatic heterocycles. The molecule has 2 rings (SSSR count). The Morgan fingerprint density at radius 2 is 1.86 bits per heavy atom. The SMILES string of the molecule is CCN(CC)c1ccc(/N=N/c2ncc(Cl)cc2Cl)c(O)c1. The van der Waals surface area contributed by atoms with Gasteiger partial charge in [-0.15, -0.1) is 10.2 Å². The summed E-state index contributed by atoms with van der Waals surface area (Å²) in [5, 5.41) is 18.7. The second-order valence-corrected chi connectivity index (χ2v) is 5.35. The Hall–Kier alpha value is -1.85. The molecule has 0 unspecified atom stereocenters. The van der Waals surface area contributed by atoms with E-state index in [4.69, 9.17) is 23.2 Å². The van der Waals surface area contributed by atoms with Gasteiger partial charge in [-0.1, -0.05) is 23.2 Å². The fourth-order valence-electron chi connectivity index (χ4n) is 1.96. The quantitative estimate of drug-likeness (QED) is 0.746. The van der Waals surface area contributed by atoms with Gasteiger partial charge in [-0.3, -0.25) is 0 Å². The molecule has 0 aliphatic rings. The lowest BCUT2D eigenvalue weighted by atomic mass is 10.2. The van der Waals surface area contributed by atoms with Crippen molar-refractivity contribution >= 4 is 40.4 Å². The Bertz CT molecular complexity index is 687. The number of phenols is 1. The molecule has 0 saturated carbocycles. The van der Waals surface area contributed by atoms with Crippen molar-refractivity contribution in [2.45, 2.75) is 13.8 Å². The highest BCUT2D eigenvalue weighted by atomic mass is 35.5. The maximum atomic E-state index is 10.1. The monoisotopic (exact) mass is 338 g/mol. The molecule has 22 heavy (non-hydrogen) atoms. The fraction of sp³-hybridized carbons (Fsp3) is 0.267. The first kappa shape index (κ1) is 16.5. The lowest BCUT2D eigenvalue weighted by molar-refractivity contribution is 0.476. The lowest BCUT2D eigenvalue weighted by Gasteiger charge is -2.21. The van der Waals surface area contributed by atoms with E-state index in [0.717, 1.165) is 18.8 Å². The van der Waals surface area contributed by atoms with E-state index in [1.165, 1.54) is 12.3 Å². The molecule has 1 aromatic carbocycles. The largest absolute Gasteiger partial charge is 0.506 e. The number of nitrogens with zero attached hydrogens (tertiary/aromatic N) is 4. The van der Waals surface area contributed by atoms with Crippen molar-refractivity contribution in [1.82, 2.24) is 4.98 Å². The maximum Gasteiger partial charge on any atom is 0.193 e. The maximum absolute atomic E-state index is 10.1. The molecule has 1 aromatic heterocycles. The minimum atomic E-state index is 0.0539. The summed E-state index contributed by atoms with van der Waals surface area (Å²) >= 11 is 11.7. The summed E-state index contributed by atoms with van der Waals surface area (Å²) in [5.74, 6) is 0.302. The first-order valence-electron chi connectivity index (χ1n) is 6.85. The predicted molar refractivity (Wildman–Crippen MR) is 90.1 cm³/mol. The molecule has 7 heteroatoms. The van der Waals surface area contributed by atoms with Crippen LogP contribution in [0.1, 0.15) is 13.8 Å². The molecule has 0 bridgehead atoms. The third-order valence-corrected chi connectivity index (χ3v) is 3.61. The van der Waals surface area contributed by atoms with Crippen molar-refractivity contribution in [2.75, 3.05) is 18.0 Å². The van der Waals surface area contributed by atoms with Crippen molar-refractivity contribution in [1.29, 1.82) is 0 Å². The number of aromatic hydroxyl groups is 1. The topological polar surface area (TPSA) is 61.1 Å². The molecule has 1 N–H and O–H groups in total. The van der Waals surface area contributed by atoms with Gasteiger partial charge < -0.3 is 10.0 Å². The van der Waals surface area contributed by atoms with Crippen LogP contribution in [0.15, 0.2) is 40.7 Å². The molecule has 5 nitrogen and oxygen atoms in total. The van der Waals surface area contributed by atoms with E-state index in [9.17, 15) is 5.11 Å². The van der Waals surface area contributed by atoms with Crippen molar-refractivity contribution in [3.63, 3.8) is 0 Å². The second kappa shape index (κ2) is 7.42. The summed E-state index contributed by atoms with van der Waals surface area (Å²) in [7, 11) is 0. The van der Waals surface area contributed by atoms with E-state index in [1.807, 2.05) is 6.07 Å². The zero-order chi connectivity index (χ0) is 16.1. The summed E-state index contributed by atoms with van der Waals surface area (Å²) in [6.07, 6.45) is 1.44. The van der Waals surface area contributed by atoms with Crippen molar-refractivity contribution in [3.8, 4) is 5.75 Å². The average molecular weight is 339 g/mol. The number of aromatic nitrogens is 1. The molecule has 1 heterocycles. The number of phenolic OH excluding ortho intramolecular Hbond substituents is 1. The highest BCUT2D eigenvalue weighted by molar-refractivity contribution is 6.35. The summed E-state index contributed by atoms with van der Waals surface area (Å²) in [4.78, 5) is 6.10. The molecule has 0 atom stereocenters. The Kier molecular flexibility index (Phi) is 5.57. The van der Waals surface area contributed by atoms with Gasteiger partial charge in [0.15, 0.2) is 5.82 Å². The van der Waals surface area contributed by atoms with Crippen LogP contribution in [-0.2, 0) is 0 Å². The number of halogens is 2. The van der Waals surface area contributed by atoms with Gasteiger partial charge in [0.05, 0.1) is 10.0 Å². The highest BCUT2D eigenvalue weighted by Gasteiger charge is 2.07. The third kappa shape index (κ3) is 3.87. The van der Waals surface area contributed by atoms with Gasteiger partial charge >= 0.3 is 0 Å². The van der Waals surface area contributed by atoms with Crippen LogP contribution >= 0.6 is 23.2 Å². The van der Waals surface area contributed by atoms with Gasteiger partial charge in [-0.25, -0.2) is 4.98 Å². The highest BCUT2D eigenvalue weighted by Crippen LogP contribution is 2.33. The van der Waals surface area contributed by atoms with Crippen LogP contribution in [0.3, 0.4) is 0 Å². The van der Waals surface area contributed by atoms with Crippen LogP contribution in [0.5, 0.6) is 5.75 Å². The van der Waals surface area contributed by atoms with Crippen molar-refractivity contribution < 1.29 is 5.11 Å². The van der Waals surface area contributed by atoms with Gasteiger partial charge in [0.2, 0.25) is 0 Å². The number of anilines is 1. The molecule has 0 aliphatic carbocycles. The zero-order valence-electron chi connectivity index (χ0n) is 12.3. The average Bonchev–Trinajstić information content (AvgIpc) is 2.49. The molecular weight excluding hydrogens is 323 g/mol. The minimum Gasteiger partial charge on any atom is -0.506 e. The van der Waals surface area contributed by atoms with E-state index in [0.29, 0.717) is 15.7 Å². The number of rotatable bonds is 5. The van der Waals surface area contributed by atoms with E-state index < -0.39 is 0 Å². The van der Waals surface area contributed by atoms with E-state index in [1.54, 1.807) is 12.1 Å². The smallest absolute Gasteiger partial charge is 0.193 e. The summed E-state index contributed by atoms with van der Waals surface area (Å²) in [6, 6.07) is 6.79. The van der Waals surface area contributed by atoms with Crippen LogP contribution < -0.4 is 4.90 Å². The number of benzene rings is 1. The van der Waals surface area contributed by atoms with Crippen LogP contribution in [0.2, 0.25) is 10.0 Å². The predicted octanol–water partition coefficient (Wildman–Crippen LogP) is 5.36. The minimum absolute atomic E-state index is 0.0539. The molecule has 0 saturated heterocycles. The first-order valence-corrected chi connectivity index (χ1v) is 7.61. The molecular formula is C15H16Cl2N4O. The van der Waals surface area contributed by atoms with Gasteiger partial charge in [-0.2, -0.15) is 0 Å². The van der Waals surface area contributed by atoms with Gasteiger partial charge in [0.25, 0.3) is 0 Å². The fourth-order valence-corrected chi connectivity index (χ4v) is 2.38. The molecule has 0 spiro atoms. The van der Waals surface area contributed by atoms with Crippen LogP contribution in [0.4, 0.5) is 17.2 Å². The number of pyridine rings is 1. The summed E-state index contributed by atoms with van der Waals surface area (Å²) in [5.41, 5.74) is 1.29. The van der Waals surface area contributed by atoms with E-state index in [2.05, 4.69) is 34.0 Å². The molecule has 2 aromatic rings. The first-order chi connectivity index (χ1) is 10.5. The van der Waals surface area contributed by atoms with E-state index >= 15 is 0 Å². The summed E-state index contributed by atoms with van der Waals surface area (Å²) in [6.45, 7) is 5.84. The number of hydrogen-bond donors (Lipinski definition) is 1. The standard InChI is InChI=1S/C15H16Cl2N4O/c1-3-21(4-2)11-5-6-13(14(22)8-11)19-20-15-12(17)7-10(16)9-18-15/h5-9,22H,3-4H2,1-2H3/b20-19+. The van der Waals surface area contributed by atoms with Crippen molar-refractivity contribution in [3.05, 3.63) is 40.5 Å². The van der Waals surface area contributed by atoms with Gasteiger partial charge in [0, 0.05) is 31.0 Å². The zero-order valence-corrected chi connectivity index (χ0v) is 13.8. The molecule has 116 valence electrons. The summed E-state index contributed by atoms with van der Waals surface area (Å²) < 4.78 is 0. The Labute approximate surface area is 139 Å². The Morgan fingerprint density at radius 3 is 2.45 bits per heavy atom. The third-order valence-electron chi connectivity index (χ3n) is 3.13. The Balaban J connectivity index is 2.24. The molecule has 0 radical (unpaired) electrons. The van der Waals surface area contributed by atoms with E-state index in [-0.39, 0.29) is 11.6 Å². The number of azo groups is 1. The van der Waals surface area contributed by atoms with Crippen LogP contribution in [0, 0.1) is 0 Å². The molecule has 0 amide bonds. The molecule has 0 fully saturated rings. The number of hydrogen-bond acceptors (Lipinski definition) is 5. The second-order valence-electron chi connectivity index (χ2n) is 4.50. The Morgan fingerprint density at radius 1 is 1.14 bits per heavy atom. The van der Waals surface area contributed by atoms with Crippen LogP contribution in [-0.4, -0.2) is 23.2 Å².